The number of pyridine rings is 1. The summed E-state index contributed by atoms with van der Waals surface area (Å²) >= 11 is 0. The normalized spacial score (nSPS) is 12.8. The van der Waals surface area contributed by atoms with Gasteiger partial charge in [-0.15, -0.1) is 0 Å². The number of carbonyl (C=O) groups is 1. The highest BCUT2D eigenvalue weighted by Gasteiger charge is 2.15. The number of rotatable bonds is 5. The first-order valence-corrected chi connectivity index (χ1v) is 7.71. The Morgan fingerprint density at radius 3 is 2.63 bits per heavy atom. The van der Waals surface area contributed by atoms with Gasteiger partial charge in [-0.3, -0.25) is 4.79 Å². The quantitative estimate of drug-likeness (QED) is 0.512. The minimum Gasteiger partial charge on any atom is -0.349 e. The van der Waals surface area contributed by atoms with Gasteiger partial charge in [-0.2, -0.15) is 0 Å². The number of aromatic nitrogens is 1. The van der Waals surface area contributed by atoms with Crippen molar-refractivity contribution in [2.45, 2.75) is 19.9 Å². The fourth-order valence-corrected chi connectivity index (χ4v) is 2.67. The van der Waals surface area contributed by atoms with Gasteiger partial charge >= 0.3 is 0 Å². The van der Waals surface area contributed by atoms with E-state index in [1.807, 2.05) is 0 Å². The summed E-state index contributed by atoms with van der Waals surface area (Å²) in [6.07, 6.45) is 1.13. The fraction of sp³-hybridized carbons (Fsp3) is 0.455. The van der Waals surface area contributed by atoms with Crippen LogP contribution >= 0.6 is 0 Å². The molecule has 7 nitrogen and oxygen atoms in total. The third-order valence-electron chi connectivity index (χ3n) is 2.29. The molecule has 0 saturated carbocycles. The molecule has 1 amide bonds. The van der Waals surface area contributed by atoms with Gasteiger partial charge in [0, 0.05) is 23.6 Å². The molecule has 8 heteroatoms. The minimum atomic E-state index is -3.13. The number of anilines is 1. The van der Waals surface area contributed by atoms with Crippen molar-refractivity contribution in [3.63, 3.8) is 0 Å². The van der Waals surface area contributed by atoms with Crippen molar-refractivity contribution in [2.24, 2.45) is 5.84 Å². The predicted molar refractivity (Wildman–Crippen MR) is 73.4 cm³/mol. The van der Waals surface area contributed by atoms with Crippen molar-refractivity contribution in [3.05, 3.63) is 23.4 Å². The lowest BCUT2D eigenvalue weighted by Crippen LogP contribution is -2.37. The van der Waals surface area contributed by atoms with Crippen molar-refractivity contribution in [3.8, 4) is 0 Å². The van der Waals surface area contributed by atoms with Crippen molar-refractivity contribution in [1.29, 1.82) is 0 Å². The van der Waals surface area contributed by atoms with E-state index in [1.165, 1.54) is 6.07 Å². The van der Waals surface area contributed by atoms with Gasteiger partial charge in [0.2, 0.25) is 0 Å². The van der Waals surface area contributed by atoms with Crippen LogP contribution in [0.5, 0.6) is 0 Å². The summed E-state index contributed by atoms with van der Waals surface area (Å²) in [5.41, 5.74) is 3.38. The maximum atomic E-state index is 12.0. The lowest BCUT2D eigenvalue weighted by atomic mass is 10.2. The number of hydrazine groups is 1. The van der Waals surface area contributed by atoms with E-state index in [-0.39, 0.29) is 11.7 Å². The van der Waals surface area contributed by atoms with Crippen LogP contribution in [0.15, 0.2) is 12.1 Å². The van der Waals surface area contributed by atoms with E-state index >= 15 is 0 Å². The van der Waals surface area contributed by atoms with Crippen LogP contribution in [-0.4, -0.2) is 37.4 Å². The Morgan fingerprint density at radius 2 is 2.11 bits per heavy atom. The molecule has 1 heterocycles. The standard InChI is InChI=1S/C11H18N4O3S/c1-7-4-9(5-10(13-7)15-12)11(16)14-8(2)6-19(3,17)18/h4-5,8H,6,12H2,1-3H3,(H,13,15)(H,14,16). The lowest BCUT2D eigenvalue weighted by Gasteiger charge is -2.13. The molecule has 0 aliphatic heterocycles. The molecule has 1 rings (SSSR count). The monoisotopic (exact) mass is 286 g/mol. The Labute approximate surface area is 112 Å². The van der Waals surface area contributed by atoms with Crippen LogP contribution in [0.4, 0.5) is 5.82 Å². The van der Waals surface area contributed by atoms with Gasteiger partial charge in [0.25, 0.3) is 5.91 Å². The number of nitrogens with two attached hydrogens (primary N) is 1. The topological polar surface area (TPSA) is 114 Å². The Kier molecular flexibility index (Phi) is 4.84. The first kappa shape index (κ1) is 15.4. The van der Waals surface area contributed by atoms with Crippen LogP contribution in [0.1, 0.15) is 23.0 Å². The Bertz CT molecular complexity index is 571. The average Bonchev–Trinajstić information content (AvgIpc) is 2.25. The molecule has 1 aromatic rings. The van der Waals surface area contributed by atoms with Gasteiger partial charge < -0.3 is 10.7 Å². The third kappa shape index (κ3) is 5.23. The van der Waals surface area contributed by atoms with Gasteiger partial charge in [0.1, 0.15) is 15.7 Å². The molecule has 106 valence electrons. The van der Waals surface area contributed by atoms with Gasteiger partial charge in [-0.1, -0.05) is 0 Å². The van der Waals surface area contributed by atoms with E-state index in [0.29, 0.717) is 17.1 Å². The molecule has 1 aromatic heterocycles. The van der Waals surface area contributed by atoms with Gasteiger partial charge in [0.15, 0.2) is 0 Å². The van der Waals surface area contributed by atoms with E-state index in [0.717, 1.165) is 6.26 Å². The molecule has 0 aliphatic rings. The molecule has 0 bridgehead atoms. The molecule has 0 aromatic carbocycles. The molecular weight excluding hydrogens is 268 g/mol. The van der Waals surface area contributed by atoms with Gasteiger partial charge in [0.05, 0.1) is 5.75 Å². The van der Waals surface area contributed by atoms with E-state index in [4.69, 9.17) is 5.84 Å². The summed E-state index contributed by atoms with van der Waals surface area (Å²) < 4.78 is 22.3. The average molecular weight is 286 g/mol. The molecule has 0 saturated heterocycles. The van der Waals surface area contributed by atoms with Crippen molar-refractivity contribution in [1.82, 2.24) is 10.3 Å². The molecule has 0 radical (unpaired) electrons. The zero-order chi connectivity index (χ0) is 14.6. The number of aryl methyl sites for hydroxylation is 1. The van der Waals surface area contributed by atoms with Crippen molar-refractivity contribution < 1.29 is 13.2 Å². The lowest BCUT2D eigenvalue weighted by molar-refractivity contribution is 0.0943. The maximum Gasteiger partial charge on any atom is 0.251 e. The summed E-state index contributed by atoms with van der Waals surface area (Å²) in [5, 5.41) is 2.62. The number of sulfone groups is 1. The molecule has 0 spiro atoms. The van der Waals surface area contributed by atoms with E-state index in [9.17, 15) is 13.2 Å². The molecule has 0 fully saturated rings. The van der Waals surface area contributed by atoms with E-state index in [1.54, 1.807) is 19.9 Å². The molecule has 1 unspecified atom stereocenters. The zero-order valence-corrected chi connectivity index (χ0v) is 11.9. The summed E-state index contributed by atoms with van der Waals surface area (Å²) in [4.78, 5) is 16.0. The second-order valence-electron chi connectivity index (χ2n) is 4.49. The number of hydrogen-bond acceptors (Lipinski definition) is 6. The van der Waals surface area contributed by atoms with Crippen LogP contribution in [-0.2, 0) is 9.84 Å². The first-order chi connectivity index (χ1) is 8.71. The number of nitrogen functional groups attached to an aromatic ring is 1. The molecule has 1 atom stereocenters. The second-order valence-corrected chi connectivity index (χ2v) is 6.68. The van der Waals surface area contributed by atoms with Gasteiger partial charge in [-0.25, -0.2) is 19.2 Å². The van der Waals surface area contributed by atoms with Crippen molar-refractivity contribution in [2.75, 3.05) is 17.4 Å². The highest BCUT2D eigenvalue weighted by molar-refractivity contribution is 7.90. The molecule has 0 aliphatic carbocycles. The van der Waals surface area contributed by atoms with Crippen LogP contribution in [0.2, 0.25) is 0 Å². The van der Waals surface area contributed by atoms with Crippen molar-refractivity contribution >= 4 is 21.6 Å². The maximum absolute atomic E-state index is 12.0. The Balaban J connectivity index is 2.81. The molecule has 19 heavy (non-hydrogen) atoms. The number of hydrogen-bond donors (Lipinski definition) is 3. The largest absolute Gasteiger partial charge is 0.349 e. The highest BCUT2D eigenvalue weighted by atomic mass is 32.2. The van der Waals surface area contributed by atoms with Crippen LogP contribution in [0.3, 0.4) is 0 Å². The van der Waals surface area contributed by atoms with Gasteiger partial charge in [-0.05, 0) is 26.0 Å². The number of amides is 1. The van der Waals surface area contributed by atoms with E-state index in [2.05, 4.69) is 15.7 Å². The zero-order valence-electron chi connectivity index (χ0n) is 11.1. The number of nitrogens with zero attached hydrogens (tertiary/aromatic N) is 1. The van der Waals surface area contributed by atoms with E-state index < -0.39 is 15.9 Å². The minimum absolute atomic E-state index is 0.106. The van der Waals surface area contributed by atoms with Crippen LogP contribution in [0.25, 0.3) is 0 Å². The molecular formula is C11H18N4O3S. The number of nitrogens with one attached hydrogen (secondary N) is 2. The second kappa shape index (κ2) is 5.98. The fourth-order valence-electron chi connectivity index (χ4n) is 1.68. The van der Waals surface area contributed by atoms with Crippen LogP contribution < -0.4 is 16.6 Å². The summed E-state index contributed by atoms with van der Waals surface area (Å²) in [5.74, 6) is 5.16. The third-order valence-corrected chi connectivity index (χ3v) is 3.40. The summed E-state index contributed by atoms with van der Waals surface area (Å²) in [7, 11) is -3.13. The number of carbonyl (C=O) groups excluding carboxylic acids is 1. The highest BCUT2D eigenvalue weighted by Crippen LogP contribution is 2.09. The SMILES string of the molecule is Cc1cc(C(=O)NC(C)CS(C)(=O)=O)cc(NN)n1. The summed E-state index contributed by atoms with van der Waals surface area (Å²) in [6, 6.07) is 2.63. The Morgan fingerprint density at radius 1 is 1.47 bits per heavy atom. The molecule has 4 N–H and O–H groups in total. The van der Waals surface area contributed by atoms with Crippen LogP contribution in [0, 0.1) is 6.92 Å². The Hall–Kier alpha value is -1.67. The summed E-state index contributed by atoms with van der Waals surface area (Å²) in [6.45, 7) is 3.37. The smallest absolute Gasteiger partial charge is 0.251 e. The first-order valence-electron chi connectivity index (χ1n) is 5.65. The predicted octanol–water partition coefficient (Wildman–Crippen LogP) is -0.161.